The lowest BCUT2D eigenvalue weighted by Gasteiger charge is -2.10. The van der Waals surface area contributed by atoms with Crippen molar-refractivity contribution in [3.8, 4) is 0 Å². The molecule has 1 aromatic heterocycles. The highest BCUT2D eigenvalue weighted by atomic mass is 32.2. The van der Waals surface area contributed by atoms with Crippen LogP contribution in [0.25, 0.3) is 11.0 Å². The van der Waals surface area contributed by atoms with Crippen LogP contribution in [0.4, 0.5) is 5.69 Å². The van der Waals surface area contributed by atoms with E-state index in [9.17, 15) is 4.79 Å². The van der Waals surface area contributed by atoms with Gasteiger partial charge in [0, 0.05) is 28.6 Å². The molecule has 23 heavy (non-hydrogen) atoms. The quantitative estimate of drug-likeness (QED) is 0.555. The molecule has 0 aliphatic rings. The lowest BCUT2D eigenvalue weighted by atomic mass is 10.0. The highest BCUT2D eigenvalue weighted by Crippen LogP contribution is 2.23. The minimum Gasteiger partial charge on any atom is -0.423 e. The van der Waals surface area contributed by atoms with Gasteiger partial charge in [0.15, 0.2) is 0 Å². The van der Waals surface area contributed by atoms with E-state index in [-0.39, 0.29) is 5.63 Å². The van der Waals surface area contributed by atoms with E-state index < -0.39 is 0 Å². The summed E-state index contributed by atoms with van der Waals surface area (Å²) in [5, 5.41) is 4.36. The summed E-state index contributed by atoms with van der Waals surface area (Å²) in [6, 6.07) is 13.9. The summed E-state index contributed by atoms with van der Waals surface area (Å²) in [5.41, 5.74) is 4.64. The van der Waals surface area contributed by atoms with E-state index >= 15 is 0 Å². The van der Waals surface area contributed by atoms with Crippen LogP contribution in [0.3, 0.4) is 0 Å². The minimum atomic E-state index is -0.310. The summed E-state index contributed by atoms with van der Waals surface area (Å²) in [7, 11) is 0. The van der Waals surface area contributed by atoms with Crippen molar-refractivity contribution in [3.63, 3.8) is 0 Å². The van der Waals surface area contributed by atoms with Crippen LogP contribution in [-0.2, 0) is 6.54 Å². The largest absolute Gasteiger partial charge is 0.423 e. The molecule has 1 N–H and O–H groups in total. The molecule has 0 fully saturated rings. The van der Waals surface area contributed by atoms with Gasteiger partial charge in [-0.05, 0) is 73.2 Å². The molecule has 0 radical (unpaired) electrons. The Kier molecular flexibility index (Phi) is 4.44. The Morgan fingerprint density at radius 2 is 1.74 bits per heavy atom. The van der Waals surface area contributed by atoms with Gasteiger partial charge in [0.05, 0.1) is 0 Å². The van der Waals surface area contributed by atoms with E-state index in [1.807, 2.05) is 13.0 Å². The lowest BCUT2D eigenvalue weighted by molar-refractivity contribution is 0.559. The maximum atomic E-state index is 11.8. The third kappa shape index (κ3) is 3.42. The Bertz CT molecular complexity index is 898. The van der Waals surface area contributed by atoms with Crippen LogP contribution in [0.5, 0.6) is 0 Å². The molecule has 0 unspecified atom stereocenters. The number of benzene rings is 2. The van der Waals surface area contributed by atoms with Gasteiger partial charge in [0.1, 0.15) is 5.58 Å². The van der Waals surface area contributed by atoms with Crippen molar-refractivity contribution in [2.24, 2.45) is 0 Å². The van der Waals surface area contributed by atoms with Gasteiger partial charge in [-0.2, -0.15) is 0 Å². The number of hydrogen-bond acceptors (Lipinski definition) is 4. The van der Waals surface area contributed by atoms with Gasteiger partial charge in [-0.15, -0.1) is 11.8 Å². The number of fused-ring (bicyclic) bond motifs is 1. The van der Waals surface area contributed by atoms with E-state index in [0.717, 1.165) is 22.2 Å². The average Bonchev–Trinajstić information content (AvgIpc) is 2.55. The van der Waals surface area contributed by atoms with E-state index in [0.29, 0.717) is 12.1 Å². The van der Waals surface area contributed by atoms with Gasteiger partial charge in [0.2, 0.25) is 0 Å². The fourth-order valence-electron chi connectivity index (χ4n) is 2.54. The van der Waals surface area contributed by atoms with Crippen LogP contribution in [0.15, 0.2) is 56.6 Å². The molecule has 118 valence electrons. The highest BCUT2D eigenvalue weighted by Gasteiger charge is 2.08. The number of thioether (sulfide) groups is 1. The zero-order valence-corrected chi connectivity index (χ0v) is 14.3. The summed E-state index contributed by atoms with van der Waals surface area (Å²) in [5.74, 6) is 0. The summed E-state index contributed by atoms with van der Waals surface area (Å²) >= 11 is 1.72. The zero-order valence-electron chi connectivity index (χ0n) is 13.5. The van der Waals surface area contributed by atoms with Gasteiger partial charge in [-0.25, -0.2) is 4.79 Å². The monoisotopic (exact) mass is 325 g/mol. The molecule has 3 rings (SSSR count). The fraction of sp³-hybridized carbons (Fsp3) is 0.211. The van der Waals surface area contributed by atoms with E-state index in [1.165, 1.54) is 10.5 Å². The molecule has 0 saturated carbocycles. The first-order valence-electron chi connectivity index (χ1n) is 7.49. The van der Waals surface area contributed by atoms with Gasteiger partial charge < -0.3 is 9.73 Å². The number of aryl methyl sites for hydroxylation is 2. The maximum absolute atomic E-state index is 11.8. The van der Waals surface area contributed by atoms with Crippen molar-refractivity contribution in [3.05, 3.63) is 69.6 Å². The number of hydrogen-bond donors (Lipinski definition) is 1. The Labute approximate surface area is 139 Å². The van der Waals surface area contributed by atoms with E-state index in [2.05, 4.69) is 48.8 Å². The molecular weight excluding hydrogens is 306 g/mol. The van der Waals surface area contributed by atoms with Gasteiger partial charge in [0.25, 0.3) is 0 Å². The van der Waals surface area contributed by atoms with E-state index in [4.69, 9.17) is 4.42 Å². The van der Waals surface area contributed by atoms with Crippen LogP contribution in [0, 0.1) is 13.8 Å². The molecule has 0 atom stereocenters. The molecular formula is C19H19NO2S. The standard InChI is InChI=1S/C19H19NO2S/c1-12-8-17-14(10-19(21)22-18(17)9-13(12)2)11-20-15-4-6-16(23-3)7-5-15/h4-10,20H,11H2,1-3H3. The van der Waals surface area contributed by atoms with Crippen molar-refractivity contribution < 1.29 is 4.42 Å². The number of anilines is 1. The summed E-state index contributed by atoms with van der Waals surface area (Å²) in [6.07, 6.45) is 2.06. The van der Waals surface area contributed by atoms with Crippen molar-refractivity contribution in [1.82, 2.24) is 0 Å². The zero-order chi connectivity index (χ0) is 16.4. The third-order valence-corrected chi connectivity index (χ3v) is 4.76. The van der Waals surface area contributed by atoms with Crippen LogP contribution < -0.4 is 10.9 Å². The first-order valence-corrected chi connectivity index (χ1v) is 8.71. The lowest BCUT2D eigenvalue weighted by Crippen LogP contribution is -2.06. The van der Waals surface area contributed by atoms with Gasteiger partial charge >= 0.3 is 5.63 Å². The van der Waals surface area contributed by atoms with Crippen LogP contribution in [0.2, 0.25) is 0 Å². The second kappa shape index (κ2) is 6.50. The summed E-state index contributed by atoms with van der Waals surface area (Å²) in [4.78, 5) is 13.0. The summed E-state index contributed by atoms with van der Waals surface area (Å²) in [6.45, 7) is 4.68. The molecule has 1 heterocycles. The second-order valence-electron chi connectivity index (χ2n) is 5.61. The van der Waals surface area contributed by atoms with Crippen molar-refractivity contribution in [2.45, 2.75) is 25.3 Å². The average molecular weight is 325 g/mol. The minimum absolute atomic E-state index is 0.310. The second-order valence-corrected chi connectivity index (χ2v) is 6.49. The van der Waals surface area contributed by atoms with E-state index in [1.54, 1.807) is 17.8 Å². The molecule has 0 saturated heterocycles. The van der Waals surface area contributed by atoms with Crippen LogP contribution in [0.1, 0.15) is 16.7 Å². The molecule has 0 amide bonds. The normalized spacial score (nSPS) is 10.9. The predicted octanol–water partition coefficient (Wildman–Crippen LogP) is 4.74. The molecule has 0 spiro atoms. The molecule has 4 heteroatoms. The number of rotatable bonds is 4. The van der Waals surface area contributed by atoms with Crippen LogP contribution >= 0.6 is 11.8 Å². The fourth-order valence-corrected chi connectivity index (χ4v) is 2.94. The topological polar surface area (TPSA) is 42.2 Å². The smallest absolute Gasteiger partial charge is 0.336 e. The van der Waals surface area contributed by atoms with Crippen LogP contribution in [-0.4, -0.2) is 6.26 Å². The van der Waals surface area contributed by atoms with Gasteiger partial charge in [-0.3, -0.25) is 0 Å². The Hall–Kier alpha value is -2.20. The van der Waals surface area contributed by atoms with Crippen molar-refractivity contribution in [1.29, 1.82) is 0 Å². The molecule has 0 aliphatic heterocycles. The molecule has 0 aliphatic carbocycles. The molecule has 0 bridgehead atoms. The number of nitrogens with one attached hydrogen (secondary N) is 1. The maximum Gasteiger partial charge on any atom is 0.336 e. The highest BCUT2D eigenvalue weighted by molar-refractivity contribution is 7.98. The Balaban J connectivity index is 1.92. The Morgan fingerprint density at radius 1 is 1.04 bits per heavy atom. The molecule has 2 aromatic carbocycles. The Morgan fingerprint density at radius 3 is 2.43 bits per heavy atom. The third-order valence-electron chi connectivity index (χ3n) is 4.02. The predicted molar refractivity (Wildman–Crippen MR) is 97.5 cm³/mol. The molecule has 3 aromatic rings. The van der Waals surface area contributed by atoms with Crippen molar-refractivity contribution in [2.75, 3.05) is 11.6 Å². The molecule has 3 nitrogen and oxygen atoms in total. The first kappa shape index (κ1) is 15.7. The van der Waals surface area contributed by atoms with Crippen molar-refractivity contribution >= 4 is 28.4 Å². The summed E-state index contributed by atoms with van der Waals surface area (Å²) < 4.78 is 5.33. The van der Waals surface area contributed by atoms with Gasteiger partial charge in [-0.1, -0.05) is 0 Å². The first-order chi connectivity index (χ1) is 11.1. The SMILES string of the molecule is CSc1ccc(NCc2cc(=O)oc3cc(C)c(C)cc23)cc1.